The van der Waals surface area contributed by atoms with E-state index in [1.165, 1.54) is 0 Å². The molecule has 84 valence electrons. The molecule has 16 heavy (non-hydrogen) atoms. The van der Waals surface area contributed by atoms with E-state index in [2.05, 4.69) is 10.5 Å². The lowest BCUT2D eigenvalue weighted by atomic mass is 10.1. The first kappa shape index (κ1) is 11.1. The predicted octanol–water partition coefficient (Wildman–Crippen LogP) is 1.30. The highest BCUT2D eigenvalue weighted by Crippen LogP contribution is 2.30. The van der Waals surface area contributed by atoms with Gasteiger partial charge in [-0.2, -0.15) is 0 Å². The molecule has 5 N–H and O–H groups in total. The second-order valence-electron chi connectivity index (χ2n) is 3.12. The van der Waals surface area contributed by atoms with E-state index in [0.717, 1.165) is 5.23 Å². The molecule has 0 aliphatic carbocycles. The summed E-state index contributed by atoms with van der Waals surface area (Å²) in [7, 11) is 0. The average molecular weight is 258 g/mol. The molecule has 0 saturated heterocycles. The summed E-state index contributed by atoms with van der Waals surface area (Å²) in [6, 6.07) is 5.29. The lowest BCUT2D eigenvalue weighted by Crippen LogP contribution is -2.41. The van der Waals surface area contributed by atoms with Gasteiger partial charge in [-0.1, -0.05) is 35.3 Å². The van der Waals surface area contributed by atoms with Crippen LogP contribution in [0.3, 0.4) is 0 Å². The summed E-state index contributed by atoms with van der Waals surface area (Å²) in [5.41, 5.74) is 9.78. The first-order chi connectivity index (χ1) is 7.59. The van der Waals surface area contributed by atoms with Crippen LogP contribution < -0.4 is 17.0 Å². The van der Waals surface area contributed by atoms with Crippen LogP contribution in [0.2, 0.25) is 10.0 Å². The van der Waals surface area contributed by atoms with Crippen molar-refractivity contribution in [3.63, 3.8) is 0 Å². The van der Waals surface area contributed by atoms with Gasteiger partial charge < -0.3 is 5.73 Å². The van der Waals surface area contributed by atoms with Gasteiger partial charge in [0.2, 0.25) is 0 Å². The minimum atomic E-state index is 0.269. The number of nitrogens with two attached hydrogens (primary N) is 2. The van der Waals surface area contributed by atoms with Gasteiger partial charge >= 0.3 is 0 Å². The lowest BCUT2D eigenvalue weighted by molar-refractivity contribution is 0.237. The van der Waals surface area contributed by atoms with Crippen LogP contribution in [-0.2, 0) is 0 Å². The molecule has 0 fully saturated rings. The smallest absolute Gasteiger partial charge is 0.156 e. The maximum absolute atomic E-state index is 6.07. The maximum Gasteiger partial charge on any atom is 0.156 e. The Morgan fingerprint density at radius 2 is 2.06 bits per heavy atom. The van der Waals surface area contributed by atoms with Gasteiger partial charge in [0.05, 0.1) is 10.0 Å². The summed E-state index contributed by atoms with van der Waals surface area (Å²) in [4.78, 5) is 0. The number of halogens is 2. The van der Waals surface area contributed by atoms with Crippen LogP contribution in [0.5, 0.6) is 0 Å². The number of nitrogens with zero attached hydrogens (tertiary/aromatic N) is 2. The minimum Gasteiger partial charge on any atom is -0.382 e. The molecule has 7 heteroatoms. The van der Waals surface area contributed by atoms with E-state index in [0.29, 0.717) is 21.2 Å². The van der Waals surface area contributed by atoms with E-state index in [9.17, 15) is 0 Å². The summed E-state index contributed by atoms with van der Waals surface area (Å²) >= 11 is 12.0. The van der Waals surface area contributed by atoms with Crippen LogP contribution in [-0.4, -0.2) is 11.1 Å². The third kappa shape index (κ3) is 1.92. The predicted molar refractivity (Wildman–Crippen MR) is 65.2 cm³/mol. The molecule has 1 aromatic carbocycles. The first-order valence-corrected chi connectivity index (χ1v) is 5.15. The first-order valence-electron chi connectivity index (χ1n) is 4.39. The van der Waals surface area contributed by atoms with Gasteiger partial charge in [-0.05, 0) is 6.07 Å². The van der Waals surface area contributed by atoms with Gasteiger partial charge in [0.15, 0.2) is 5.84 Å². The molecule has 2 rings (SSSR count). The van der Waals surface area contributed by atoms with Gasteiger partial charge in [0, 0.05) is 17.3 Å². The number of benzene rings is 1. The summed E-state index contributed by atoms with van der Waals surface area (Å²) in [6.07, 6.45) is 1.61. The van der Waals surface area contributed by atoms with Crippen LogP contribution in [0.15, 0.2) is 29.5 Å². The van der Waals surface area contributed by atoms with Gasteiger partial charge in [-0.3, -0.25) is 5.43 Å². The van der Waals surface area contributed by atoms with Gasteiger partial charge in [0.1, 0.15) is 0 Å². The Hall–Kier alpha value is -1.43. The van der Waals surface area contributed by atoms with Crippen molar-refractivity contribution >= 4 is 34.6 Å². The topological polar surface area (TPSA) is 79.7 Å². The van der Waals surface area contributed by atoms with Crippen LogP contribution in [0.1, 0.15) is 5.56 Å². The number of amidine groups is 1. The average Bonchev–Trinajstić information content (AvgIpc) is 2.23. The lowest BCUT2D eigenvalue weighted by Gasteiger charge is -2.20. The summed E-state index contributed by atoms with van der Waals surface area (Å²) in [5.74, 6) is 5.65. The Balaban J connectivity index is 2.46. The van der Waals surface area contributed by atoms with Gasteiger partial charge in [0.25, 0.3) is 0 Å². The molecule has 0 saturated carbocycles. The molecule has 0 amide bonds. The van der Waals surface area contributed by atoms with Crippen LogP contribution in [0.4, 0.5) is 0 Å². The molecule has 0 aromatic heterocycles. The highest BCUT2D eigenvalue weighted by Gasteiger charge is 2.16. The zero-order chi connectivity index (χ0) is 11.7. The van der Waals surface area contributed by atoms with Crippen molar-refractivity contribution in [3.05, 3.63) is 40.0 Å². The van der Waals surface area contributed by atoms with Crippen LogP contribution in [0, 0.1) is 0 Å². The number of nitrogens with one attached hydrogen (secondary N) is 1. The summed E-state index contributed by atoms with van der Waals surface area (Å²) in [6.45, 7) is 0. The van der Waals surface area contributed by atoms with Crippen LogP contribution in [0.25, 0.3) is 5.57 Å². The Bertz CT molecular complexity index is 483. The maximum atomic E-state index is 6.07. The number of hydrazone groups is 1. The molecule has 1 heterocycles. The monoisotopic (exact) mass is 257 g/mol. The van der Waals surface area contributed by atoms with Crippen molar-refractivity contribution < 1.29 is 0 Å². The van der Waals surface area contributed by atoms with Crippen molar-refractivity contribution in [1.29, 1.82) is 0 Å². The van der Waals surface area contributed by atoms with Crippen molar-refractivity contribution in [1.82, 2.24) is 10.7 Å². The zero-order valence-electron chi connectivity index (χ0n) is 8.11. The summed E-state index contributed by atoms with van der Waals surface area (Å²) in [5, 5.41) is 5.74. The third-order valence-corrected chi connectivity index (χ3v) is 2.89. The number of hydrogen-bond acceptors (Lipinski definition) is 5. The number of hydrazine groups is 2. The van der Waals surface area contributed by atoms with Gasteiger partial charge in [-0.15, -0.1) is 10.3 Å². The molecule has 0 atom stereocenters. The van der Waals surface area contributed by atoms with E-state index >= 15 is 0 Å². The SMILES string of the molecule is NC1=NN(N)NC=C1c1cccc(Cl)c1Cl. The Kier molecular flexibility index (Phi) is 2.91. The fraction of sp³-hybridized carbons (Fsp3) is 0. The fourth-order valence-electron chi connectivity index (χ4n) is 1.33. The molecule has 1 aliphatic rings. The van der Waals surface area contributed by atoms with E-state index in [1.807, 2.05) is 0 Å². The standard InChI is InChI=1S/C9H9Cl2N5/c10-7-3-1-2-5(8(7)11)6-4-14-16(13)15-9(6)12/h1-4,14H,13H2,(H2,12,15). The number of hydrogen-bond donors (Lipinski definition) is 3. The Labute approximate surface area is 102 Å². The third-order valence-electron chi connectivity index (χ3n) is 2.07. The molecule has 1 aromatic rings. The normalized spacial score (nSPS) is 15.3. The molecular formula is C9H9Cl2N5. The van der Waals surface area contributed by atoms with E-state index in [-0.39, 0.29) is 5.84 Å². The zero-order valence-corrected chi connectivity index (χ0v) is 9.63. The molecule has 0 radical (unpaired) electrons. The Morgan fingerprint density at radius 3 is 2.75 bits per heavy atom. The molecule has 1 aliphatic heterocycles. The largest absolute Gasteiger partial charge is 0.382 e. The quantitative estimate of drug-likeness (QED) is 0.663. The molecular weight excluding hydrogens is 249 g/mol. The van der Waals surface area contributed by atoms with Gasteiger partial charge in [-0.25, -0.2) is 5.84 Å². The molecule has 0 unspecified atom stereocenters. The molecule has 5 nitrogen and oxygen atoms in total. The Morgan fingerprint density at radius 1 is 1.31 bits per heavy atom. The van der Waals surface area contributed by atoms with Crippen molar-refractivity contribution in [2.75, 3.05) is 0 Å². The van der Waals surface area contributed by atoms with Crippen molar-refractivity contribution in [2.45, 2.75) is 0 Å². The van der Waals surface area contributed by atoms with Crippen molar-refractivity contribution in [2.24, 2.45) is 16.7 Å². The minimum absolute atomic E-state index is 0.269. The molecule has 0 bridgehead atoms. The highest BCUT2D eigenvalue weighted by atomic mass is 35.5. The van der Waals surface area contributed by atoms with Crippen molar-refractivity contribution in [3.8, 4) is 0 Å². The highest BCUT2D eigenvalue weighted by molar-refractivity contribution is 6.44. The van der Waals surface area contributed by atoms with E-state index < -0.39 is 0 Å². The number of rotatable bonds is 1. The second-order valence-corrected chi connectivity index (χ2v) is 3.90. The molecule has 0 spiro atoms. The summed E-state index contributed by atoms with van der Waals surface area (Å²) < 4.78 is 0. The van der Waals surface area contributed by atoms with E-state index in [1.54, 1.807) is 24.4 Å². The fourth-order valence-corrected chi connectivity index (χ4v) is 1.73. The van der Waals surface area contributed by atoms with E-state index in [4.69, 9.17) is 34.8 Å². The van der Waals surface area contributed by atoms with Crippen LogP contribution >= 0.6 is 23.2 Å². The second kappa shape index (κ2) is 4.21.